The van der Waals surface area contributed by atoms with E-state index in [0.29, 0.717) is 13.1 Å². The molecular weight excluding hydrogens is 466 g/mol. The fourth-order valence-corrected chi connectivity index (χ4v) is 3.28. The summed E-state index contributed by atoms with van der Waals surface area (Å²) < 4.78 is 18.6. The Labute approximate surface area is 175 Å². The molecule has 0 aliphatic carbocycles. The molecule has 0 aliphatic rings. The molecule has 0 saturated carbocycles. The van der Waals surface area contributed by atoms with Crippen LogP contribution in [0.4, 0.5) is 4.39 Å². The molecule has 144 valence electrons. The van der Waals surface area contributed by atoms with Crippen molar-refractivity contribution in [3.63, 3.8) is 0 Å². The minimum atomic E-state index is -0.253. The lowest BCUT2D eigenvalue weighted by Crippen LogP contribution is -2.39. The van der Waals surface area contributed by atoms with E-state index in [0.717, 1.165) is 33.6 Å². The number of hydrogen-bond donors (Lipinski definition) is 2. The standard InChI is InChI=1S/C18H25FN4OS.HI/c1-5-20-18(22-11-17-12(2)23-13(3)25-17)21-10-16(24-4)14-6-8-15(19)9-7-14;/h6-9,16H,5,10-11H2,1-4H3,(H2,20,21,22);1H. The van der Waals surface area contributed by atoms with Gasteiger partial charge in [-0.05, 0) is 38.5 Å². The Morgan fingerprint density at radius 2 is 1.96 bits per heavy atom. The van der Waals surface area contributed by atoms with Crippen molar-refractivity contribution in [2.24, 2.45) is 4.99 Å². The molecule has 1 atom stereocenters. The number of nitrogens with zero attached hydrogens (tertiary/aromatic N) is 2. The van der Waals surface area contributed by atoms with E-state index in [1.165, 1.54) is 12.1 Å². The lowest BCUT2D eigenvalue weighted by molar-refractivity contribution is 0.106. The molecule has 0 fully saturated rings. The number of nitrogens with one attached hydrogen (secondary N) is 2. The van der Waals surface area contributed by atoms with Gasteiger partial charge in [-0.15, -0.1) is 35.3 Å². The number of benzene rings is 1. The smallest absolute Gasteiger partial charge is 0.191 e. The summed E-state index contributed by atoms with van der Waals surface area (Å²) in [5, 5.41) is 7.56. The van der Waals surface area contributed by atoms with Gasteiger partial charge in [0.25, 0.3) is 0 Å². The second-order valence-electron chi connectivity index (χ2n) is 5.59. The first-order valence-electron chi connectivity index (χ1n) is 8.26. The summed E-state index contributed by atoms with van der Waals surface area (Å²) in [5.74, 6) is 0.466. The van der Waals surface area contributed by atoms with Gasteiger partial charge in [-0.3, -0.25) is 0 Å². The normalized spacial score (nSPS) is 12.4. The van der Waals surface area contributed by atoms with Crippen LogP contribution in [0.5, 0.6) is 0 Å². The van der Waals surface area contributed by atoms with Gasteiger partial charge in [-0.2, -0.15) is 0 Å². The molecule has 0 bridgehead atoms. The van der Waals surface area contributed by atoms with Crippen LogP contribution in [0.25, 0.3) is 0 Å². The molecular formula is C18H26FIN4OS. The van der Waals surface area contributed by atoms with Gasteiger partial charge in [0.1, 0.15) is 5.82 Å². The second kappa shape index (κ2) is 11.5. The van der Waals surface area contributed by atoms with Crippen molar-refractivity contribution in [1.29, 1.82) is 0 Å². The van der Waals surface area contributed by atoms with Crippen LogP contribution in [0.1, 0.15) is 34.2 Å². The highest BCUT2D eigenvalue weighted by Gasteiger charge is 2.12. The molecule has 0 aliphatic heterocycles. The summed E-state index contributed by atoms with van der Waals surface area (Å²) in [4.78, 5) is 10.2. The molecule has 2 rings (SSSR count). The van der Waals surface area contributed by atoms with Gasteiger partial charge in [-0.25, -0.2) is 14.4 Å². The van der Waals surface area contributed by atoms with Crippen molar-refractivity contribution in [3.8, 4) is 0 Å². The number of thiazole rings is 1. The van der Waals surface area contributed by atoms with Gasteiger partial charge >= 0.3 is 0 Å². The first kappa shape index (κ1) is 22.8. The van der Waals surface area contributed by atoms with E-state index in [1.807, 2.05) is 20.8 Å². The number of ether oxygens (including phenoxy) is 1. The van der Waals surface area contributed by atoms with Crippen molar-refractivity contribution in [2.45, 2.75) is 33.4 Å². The van der Waals surface area contributed by atoms with E-state index in [9.17, 15) is 4.39 Å². The zero-order valence-electron chi connectivity index (χ0n) is 15.5. The maximum atomic E-state index is 13.1. The molecule has 1 aromatic carbocycles. The minimum Gasteiger partial charge on any atom is -0.375 e. The Morgan fingerprint density at radius 3 is 2.50 bits per heavy atom. The third-order valence-electron chi connectivity index (χ3n) is 3.71. The maximum Gasteiger partial charge on any atom is 0.191 e. The number of hydrogen-bond acceptors (Lipinski definition) is 4. The number of methoxy groups -OCH3 is 1. The fraction of sp³-hybridized carbons (Fsp3) is 0.444. The SMILES string of the molecule is CCNC(=NCc1sc(C)nc1C)NCC(OC)c1ccc(F)cc1.I. The average molecular weight is 492 g/mol. The monoisotopic (exact) mass is 492 g/mol. The van der Waals surface area contributed by atoms with Gasteiger partial charge in [0.15, 0.2) is 5.96 Å². The Kier molecular flexibility index (Phi) is 10.0. The third-order valence-corrected chi connectivity index (χ3v) is 4.76. The molecule has 0 saturated heterocycles. The fourth-order valence-electron chi connectivity index (χ4n) is 2.42. The Balaban J connectivity index is 0.00000338. The van der Waals surface area contributed by atoms with Crippen LogP contribution in [0.3, 0.4) is 0 Å². The van der Waals surface area contributed by atoms with Crippen molar-refractivity contribution in [2.75, 3.05) is 20.2 Å². The van der Waals surface area contributed by atoms with Crippen molar-refractivity contribution < 1.29 is 9.13 Å². The summed E-state index contributed by atoms with van der Waals surface area (Å²) in [6, 6.07) is 6.35. The molecule has 1 heterocycles. The molecule has 1 unspecified atom stereocenters. The van der Waals surface area contributed by atoms with Gasteiger partial charge in [-0.1, -0.05) is 12.1 Å². The predicted molar refractivity (Wildman–Crippen MR) is 116 cm³/mol. The largest absolute Gasteiger partial charge is 0.375 e. The molecule has 2 aromatic rings. The van der Waals surface area contributed by atoms with Gasteiger partial charge in [0.2, 0.25) is 0 Å². The molecule has 0 radical (unpaired) electrons. The predicted octanol–water partition coefficient (Wildman–Crippen LogP) is 3.96. The molecule has 5 nitrogen and oxygen atoms in total. The van der Waals surface area contributed by atoms with Crippen molar-refractivity contribution >= 4 is 41.3 Å². The number of aryl methyl sites for hydroxylation is 2. The zero-order valence-corrected chi connectivity index (χ0v) is 18.7. The first-order valence-corrected chi connectivity index (χ1v) is 9.08. The average Bonchev–Trinajstić information content (AvgIpc) is 2.92. The number of aliphatic imine (C=N–C) groups is 1. The summed E-state index contributed by atoms with van der Waals surface area (Å²) in [7, 11) is 1.64. The van der Waals surface area contributed by atoms with Crippen LogP contribution < -0.4 is 10.6 Å². The summed E-state index contributed by atoms with van der Waals surface area (Å²) in [6.45, 7) is 7.91. The van der Waals surface area contributed by atoms with E-state index >= 15 is 0 Å². The van der Waals surface area contributed by atoms with E-state index in [4.69, 9.17) is 4.74 Å². The highest BCUT2D eigenvalue weighted by molar-refractivity contribution is 14.0. The minimum absolute atomic E-state index is 0. The number of halogens is 2. The van der Waals surface area contributed by atoms with Gasteiger partial charge < -0.3 is 15.4 Å². The number of aromatic nitrogens is 1. The molecule has 26 heavy (non-hydrogen) atoms. The third kappa shape index (κ3) is 6.81. The summed E-state index contributed by atoms with van der Waals surface area (Å²) in [6.07, 6.45) is -0.183. The lowest BCUT2D eigenvalue weighted by Gasteiger charge is -2.18. The quantitative estimate of drug-likeness (QED) is 0.349. The van der Waals surface area contributed by atoms with Crippen LogP contribution in [0.15, 0.2) is 29.3 Å². The summed E-state index contributed by atoms with van der Waals surface area (Å²) in [5.41, 5.74) is 1.95. The van der Waals surface area contributed by atoms with Gasteiger partial charge in [0, 0.05) is 25.1 Å². The van der Waals surface area contributed by atoms with Crippen LogP contribution in [0.2, 0.25) is 0 Å². The molecule has 1 aromatic heterocycles. The summed E-state index contributed by atoms with van der Waals surface area (Å²) >= 11 is 1.67. The Morgan fingerprint density at radius 1 is 1.27 bits per heavy atom. The Bertz CT molecular complexity index is 706. The first-order chi connectivity index (χ1) is 12.0. The molecule has 2 N–H and O–H groups in total. The topological polar surface area (TPSA) is 58.5 Å². The molecule has 0 spiro atoms. The molecule has 0 amide bonds. The van der Waals surface area contributed by atoms with Crippen LogP contribution in [-0.2, 0) is 11.3 Å². The van der Waals surface area contributed by atoms with E-state index in [2.05, 4.69) is 20.6 Å². The van der Waals surface area contributed by atoms with E-state index in [1.54, 1.807) is 30.6 Å². The van der Waals surface area contributed by atoms with Crippen LogP contribution in [0, 0.1) is 19.7 Å². The van der Waals surface area contributed by atoms with Crippen LogP contribution >= 0.6 is 35.3 Å². The Hall–Kier alpha value is -1.26. The highest BCUT2D eigenvalue weighted by Crippen LogP contribution is 2.18. The van der Waals surface area contributed by atoms with E-state index in [-0.39, 0.29) is 35.9 Å². The number of guanidine groups is 1. The second-order valence-corrected chi connectivity index (χ2v) is 6.88. The van der Waals surface area contributed by atoms with Crippen molar-refractivity contribution in [3.05, 3.63) is 51.2 Å². The molecule has 8 heteroatoms. The zero-order chi connectivity index (χ0) is 18.2. The number of rotatable bonds is 7. The maximum absolute atomic E-state index is 13.1. The van der Waals surface area contributed by atoms with Crippen molar-refractivity contribution in [1.82, 2.24) is 15.6 Å². The van der Waals surface area contributed by atoms with Gasteiger partial charge in [0.05, 0.1) is 23.4 Å². The lowest BCUT2D eigenvalue weighted by atomic mass is 10.1. The highest BCUT2D eigenvalue weighted by atomic mass is 127. The van der Waals surface area contributed by atoms with Crippen LogP contribution in [-0.4, -0.2) is 31.1 Å². The van der Waals surface area contributed by atoms with E-state index < -0.39 is 0 Å².